The van der Waals surface area contributed by atoms with Crippen LogP contribution in [-0.2, 0) is 4.74 Å². The molecule has 2 rings (SSSR count). The van der Waals surface area contributed by atoms with Crippen molar-refractivity contribution in [2.75, 3.05) is 19.8 Å². The Bertz CT molecular complexity index is 410. The number of rotatable bonds is 6. The van der Waals surface area contributed by atoms with Crippen molar-refractivity contribution in [3.05, 3.63) is 17.7 Å². The van der Waals surface area contributed by atoms with Crippen LogP contribution in [0.3, 0.4) is 0 Å². The van der Waals surface area contributed by atoms with E-state index in [9.17, 15) is 4.79 Å². The second-order valence-electron chi connectivity index (χ2n) is 5.05. The van der Waals surface area contributed by atoms with Crippen molar-refractivity contribution >= 4 is 5.91 Å². The number of hydrogen-bond donors (Lipinski definition) is 2. The Hall–Kier alpha value is -1.36. The number of nitrogens with zero attached hydrogens (tertiary/aromatic N) is 1. The zero-order valence-electron chi connectivity index (χ0n) is 11.1. The third-order valence-corrected chi connectivity index (χ3v) is 3.70. The summed E-state index contributed by atoms with van der Waals surface area (Å²) in [6, 6.07) is 0. The zero-order valence-corrected chi connectivity index (χ0v) is 11.1. The fraction of sp³-hybridized carbons (Fsp3) is 0.692. The van der Waals surface area contributed by atoms with E-state index in [1.807, 2.05) is 13.8 Å². The largest absolute Gasteiger partial charge is 0.381 e. The Balaban J connectivity index is 1.87. The van der Waals surface area contributed by atoms with Gasteiger partial charge in [0.2, 0.25) is 0 Å². The van der Waals surface area contributed by atoms with Crippen molar-refractivity contribution in [2.24, 2.45) is 5.41 Å². The predicted molar refractivity (Wildman–Crippen MR) is 68.4 cm³/mol. The summed E-state index contributed by atoms with van der Waals surface area (Å²) in [5.74, 6) is -0.100. The maximum atomic E-state index is 12.0. The van der Waals surface area contributed by atoms with E-state index in [-0.39, 0.29) is 11.3 Å². The van der Waals surface area contributed by atoms with Crippen molar-refractivity contribution in [1.82, 2.24) is 15.3 Å². The smallest absolute Gasteiger partial charge is 0.271 e. The van der Waals surface area contributed by atoms with Crippen LogP contribution in [-0.4, -0.2) is 35.6 Å². The lowest BCUT2D eigenvalue weighted by atomic mass is 9.69. The number of H-pyrrole nitrogens is 1. The minimum absolute atomic E-state index is 0.100. The van der Waals surface area contributed by atoms with E-state index >= 15 is 0 Å². The molecule has 18 heavy (non-hydrogen) atoms. The summed E-state index contributed by atoms with van der Waals surface area (Å²) in [5.41, 5.74) is 1.44. The normalized spacial score (nSPS) is 17.2. The van der Waals surface area contributed by atoms with Gasteiger partial charge in [-0.05, 0) is 26.7 Å². The number of carbonyl (C=O) groups excluding carboxylic acids is 1. The number of carbonyl (C=O) groups is 1. The monoisotopic (exact) mass is 251 g/mol. The van der Waals surface area contributed by atoms with Crippen molar-refractivity contribution in [1.29, 1.82) is 0 Å². The van der Waals surface area contributed by atoms with Crippen molar-refractivity contribution in [3.8, 4) is 0 Å². The summed E-state index contributed by atoms with van der Waals surface area (Å²) in [6.07, 6.45) is 5.04. The number of nitrogens with one attached hydrogen (secondary N) is 2. The minimum atomic E-state index is -0.100. The summed E-state index contributed by atoms with van der Waals surface area (Å²) in [7, 11) is 0. The average molecular weight is 251 g/mol. The molecule has 0 aliphatic heterocycles. The van der Waals surface area contributed by atoms with Crippen molar-refractivity contribution in [3.63, 3.8) is 0 Å². The maximum absolute atomic E-state index is 12.0. The van der Waals surface area contributed by atoms with Gasteiger partial charge in [-0.2, -0.15) is 0 Å². The van der Waals surface area contributed by atoms with Crippen LogP contribution >= 0.6 is 0 Å². The van der Waals surface area contributed by atoms with Crippen LogP contribution < -0.4 is 5.32 Å². The molecule has 0 spiro atoms. The lowest BCUT2D eigenvalue weighted by Gasteiger charge is -2.41. The first-order chi connectivity index (χ1) is 8.67. The van der Waals surface area contributed by atoms with Crippen LogP contribution in [0.1, 0.15) is 42.4 Å². The van der Waals surface area contributed by atoms with Crippen LogP contribution in [0.2, 0.25) is 0 Å². The van der Waals surface area contributed by atoms with Gasteiger partial charge in [0, 0.05) is 24.3 Å². The van der Waals surface area contributed by atoms with Crippen molar-refractivity contribution < 1.29 is 9.53 Å². The number of hydrogen-bond acceptors (Lipinski definition) is 3. The Morgan fingerprint density at radius 1 is 1.61 bits per heavy atom. The molecular weight excluding hydrogens is 230 g/mol. The van der Waals surface area contributed by atoms with Gasteiger partial charge in [-0.1, -0.05) is 6.42 Å². The van der Waals surface area contributed by atoms with Crippen LogP contribution in [0.4, 0.5) is 0 Å². The molecular formula is C13H21N3O2. The molecule has 0 saturated heterocycles. The van der Waals surface area contributed by atoms with Gasteiger partial charge < -0.3 is 15.0 Å². The molecule has 1 saturated carbocycles. The Morgan fingerprint density at radius 3 is 2.89 bits per heavy atom. The lowest BCUT2D eigenvalue weighted by Crippen LogP contribution is -2.45. The highest BCUT2D eigenvalue weighted by Crippen LogP contribution is 2.40. The van der Waals surface area contributed by atoms with Crippen LogP contribution in [0.15, 0.2) is 6.33 Å². The van der Waals surface area contributed by atoms with Gasteiger partial charge in [-0.25, -0.2) is 4.98 Å². The highest BCUT2D eigenvalue weighted by Gasteiger charge is 2.37. The molecule has 1 heterocycles. The molecule has 1 aliphatic carbocycles. The summed E-state index contributed by atoms with van der Waals surface area (Å²) in [6.45, 7) is 5.99. The molecule has 1 aliphatic rings. The van der Waals surface area contributed by atoms with Gasteiger partial charge in [-0.15, -0.1) is 0 Å². The van der Waals surface area contributed by atoms with Crippen LogP contribution in [0.25, 0.3) is 0 Å². The molecule has 1 aromatic heterocycles. The average Bonchev–Trinajstić information content (AvgIpc) is 2.73. The molecule has 1 aromatic rings. The standard InChI is InChI=1S/C13H21N3O2/c1-3-18-8-13(5-4-6-13)7-14-12(17)11-10(2)15-9-16-11/h9H,3-8H2,1-2H3,(H,14,17)(H,15,16). The Kier molecular flexibility index (Phi) is 4.01. The van der Waals surface area contributed by atoms with Gasteiger partial charge in [0.25, 0.3) is 5.91 Å². The Labute approximate surface area is 107 Å². The third kappa shape index (κ3) is 2.72. The minimum Gasteiger partial charge on any atom is -0.381 e. The van der Waals surface area contributed by atoms with Gasteiger partial charge in [0.05, 0.1) is 12.9 Å². The van der Waals surface area contributed by atoms with Gasteiger partial charge in [0.15, 0.2) is 0 Å². The fourth-order valence-electron chi connectivity index (χ4n) is 2.31. The first-order valence-corrected chi connectivity index (χ1v) is 6.53. The molecule has 0 atom stereocenters. The van der Waals surface area contributed by atoms with E-state index in [2.05, 4.69) is 15.3 Å². The summed E-state index contributed by atoms with van der Waals surface area (Å²) in [5, 5.41) is 2.98. The van der Waals surface area contributed by atoms with E-state index in [0.29, 0.717) is 12.2 Å². The van der Waals surface area contributed by atoms with Crippen LogP contribution in [0.5, 0.6) is 0 Å². The maximum Gasteiger partial charge on any atom is 0.271 e. The zero-order chi connectivity index (χ0) is 13.0. The van der Waals surface area contributed by atoms with E-state index < -0.39 is 0 Å². The number of aromatic amines is 1. The second-order valence-corrected chi connectivity index (χ2v) is 5.05. The first-order valence-electron chi connectivity index (χ1n) is 6.53. The highest BCUT2D eigenvalue weighted by atomic mass is 16.5. The van der Waals surface area contributed by atoms with E-state index in [1.54, 1.807) is 6.33 Å². The molecule has 0 aromatic carbocycles. The fourth-order valence-corrected chi connectivity index (χ4v) is 2.31. The Morgan fingerprint density at radius 2 is 2.39 bits per heavy atom. The van der Waals surface area contributed by atoms with Crippen LogP contribution in [0, 0.1) is 12.3 Å². The highest BCUT2D eigenvalue weighted by molar-refractivity contribution is 5.93. The number of aryl methyl sites for hydroxylation is 1. The van der Waals surface area contributed by atoms with Crippen molar-refractivity contribution in [2.45, 2.75) is 33.1 Å². The van der Waals surface area contributed by atoms with Gasteiger partial charge in [-0.3, -0.25) is 4.79 Å². The number of ether oxygens (including phenoxy) is 1. The number of aromatic nitrogens is 2. The summed E-state index contributed by atoms with van der Waals surface area (Å²) in [4.78, 5) is 18.9. The van der Waals surface area contributed by atoms with E-state index in [1.165, 1.54) is 6.42 Å². The predicted octanol–water partition coefficient (Wildman–Crippen LogP) is 1.65. The molecule has 0 bridgehead atoms. The van der Waals surface area contributed by atoms with Gasteiger partial charge in [0.1, 0.15) is 5.69 Å². The van der Waals surface area contributed by atoms with E-state index in [0.717, 1.165) is 31.7 Å². The molecule has 2 N–H and O–H groups in total. The molecule has 0 unspecified atom stereocenters. The summed E-state index contributed by atoms with van der Waals surface area (Å²) < 4.78 is 5.51. The molecule has 100 valence electrons. The molecule has 0 radical (unpaired) electrons. The molecule has 1 fully saturated rings. The lowest BCUT2D eigenvalue weighted by molar-refractivity contribution is -0.000216. The van der Waals surface area contributed by atoms with Gasteiger partial charge >= 0.3 is 0 Å². The number of imidazole rings is 1. The summed E-state index contributed by atoms with van der Waals surface area (Å²) >= 11 is 0. The number of amides is 1. The molecule has 5 nitrogen and oxygen atoms in total. The third-order valence-electron chi connectivity index (χ3n) is 3.70. The second kappa shape index (κ2) is 5.52. The molecule has 1 amide bonds. The SMILES string of the molecule is CCOCC1(CNC(=O)c2nc[nH]c2C)CCC1. The first kappa shape index (κ1) is 13.1. The van der Waals surface area contributed by atoms with E-state index in [4.69, 9.17) is 4.74 Å². The quantitative estimate of drug-likeness (QED) is 0.808. The molecule has 5 heteroatoms. The topological polar surface area (TPSA) is 67.0 Å².